The van der Waals surface area contributed by atoms with Crippen molar-refractivity contribution in [3.8, 4) is 0 Å². The van der Waals surface area contributed by atoms with E-state index in [1.165, 1.54) is 0 Å². The van der Waals surface area contributed by atoms with E-state index in [1.807, 2.05) is 0 Å². The maximum atomic E-state index is 11.6. The highest BCUT2D eigenvalue weighted by molar-refractivity contribution is 5.79. The Morgan fingerprint density at radius 3 is 2.53 bits per heavy atom. The molecule has 2 aliphatic rings. The SMILES string of the molecule is O=C(NC1CC(O)C(CO)C1)C1CCC1. The van der Waals surface area contributed by atoms with E-state index >= 15 is 0 Å². The molecular weight excluding hydrogens is 194 g/mol. The van der Waals surface area contributed by atoms with Gasteiger partial charge in [0.2, 0.25) is 5.91 Å². The lowest BCUT2D eigenvalue weighted by atomic mass is 9.84. The van der Waals surface area contributed by atoms with Gasteiger partial charge in [0.25, 0.3) is 0 Å². The molecular formula is C11H19NO3. The number of carbonyl (C=O) groups is 1. The van der Waals surface area contributed by atoms with Crippen molar-refractivity contribution in [2.24, 2.45) is 11.8 Å². The van der Waals surface area contributed by atoms with Gasteiger partial charge >= 0.3 is 0 Å². The molecule has 0 aromatic carbocycles. The van der Waals surface area contributed by atoms with Gasteiger partial charge in [-0.25, -0.2) is 0 Å². The van der Waals surface area contributed by atoms with Crippen molar-refractivity contribution in [2.75, 3.05) is 6.61 Å². The van der Waals surface area contributed by atoms with E-state index in [0.717, 1.165) is 19.3 Å². The summed E-state index contributed by atoms with van der Waals surface area (Å²) in [5, 5.41) is 21.5. The number of aliphatic hydroxyl groups is 2. The molecule has 0 saturated heterocycles. The van der Waals surface area contributed by atoms with E-state index in [0.29, 0.717) is 12.8 Å². The molecule has 0 aliphatic heterocycles. The molecule has 1 amide bonds. The predicted molar refractivity (Wildman–Crippen MR) is 55.1 cm³/mol. The van der Waals surface area contributed by atoms with Crippen molar-refractivity contribution in [2.45, 2.75) is 44.2 Å². The molecule has 0 radical (unpaired) electrons. The highest BCUT2D eigenvalue weighted by atomic mass is 16.3. The molecule has 3 atom stereocenters. The summed E-state index contributed by atoms with van der Waals surface area (Å²) in [6, 6.07) is 0.0604. The molecule has 3 N–H and O–H groups in total. The molecule has 2 saturated carbocycles. The van der Waals surface area contributed by atoms with Crippen LogP contribution in [-0.4, -0.2) is 34.9 Å². The van der Waals surface area contributed by atoms with E-state index in [1.54, 1.807) is 0 Å². The Morgan fingerprint density at radius 2 is 2.07 bits per heavy atom. The highest BCUT2D eigenvalue weighted by Gasteiger charge is 2.35. The first-order chi connectivity index (χ1) is 7.20. The molecule has 2 fully saturated rings. The predicted octanol–water partition coefficient (Wildman–Crippen LogP) is 0.0345. The number of amides is 1. The molecule has 0 spiro atoms. The van der Waals surface area contributed by atoms with E-state index < -0.39 is 6.10 Å². The van der Waals surface area contributed by atoms with Crippen LogP contribution >= 0.6 is 0 Å². The fourth-order valence-corrected chi connectivity index (χ4v) is 2.41. The van der Waals surface area contributed by atoms with Crippen LogP contribution in [0, 0.1) is 11.8 Å². The molecule has 15 heavy (non-hydrogen) atoms. The molecule has 0 aromatic heterocycles. The third kappa shape index (κ3) is 2.32. The average Bonchev–Trinajstić information content (AvgIpc) is 2.42. The zero-order valence-electron chi connectivity index (χ0n) is 8.85. The van der Waals surface area contributed by atoms with Gasteiger partial charge in [-0.1, -0.05) is 6.42 Å². The third-order valence-electron chi connectivity index (χ3n) is 3.71. The Balaban J connectivity index is 1.78. The fourth-order valence-electron chi connectivity index (χ4n) is 2.41. The van der Waals surface area contributed by atoms with Crippen LogP contribution in [0.25, 0.3) is 0 Å². The Kier molecular flexibility index (Phi) is 3.26. The standard InChI is InChI=1S/C11H19NO3/c13-6-8-4-9(5-10(8)14)12-11(15)7-2-1-3-7/h7-10,13-14H,1-6H2,(H,12,15). The van der Waals surface area contributed by atoms with Crippen molar-refractivity contribution in [1.29, 1.82) is 0 Å². The van der Waals surface area contributed by atoms with Gasteiger partial charge in [0.1, 0.15) is 0 Å². The van der Waals surface area contributed by atoms with Crippen LogP contribution in [0.4, 0.5) is 0 Å². The first-order valence-electron chi connectivity index (χ1n) is 5.80. The van der Waals surface area contributed by atoms with Crippen molar-refractivity contribution in [3.63, 3.8) is 0 Å². The topological polar surface area (TPSA) is 69.6 Å². The minimum Gasteiger partial charge on any atom is -0.396 e. The van der Waals surface area contributed by atoms with Gasteiger partial charge in [0.05, 0.1) is 6.10 Å². The minimum atomic E-state index is -0.457. The van der Waals surface area contributed by atoms with Gasteiger partial charge in [-0.3, -0.25) is 4.79 Å². The summed E-state index contributed by atoms with van der Waals surface area (Å²) in [4.78, 5) is 11.6. The Labute approximate surface area is 89.7 Å². The summed E-state index contributed by atoms with van der Waals surface area (Å²) in [5.41, 5.74) is 0. The van der Waals surface area contributed by atoms with Gasteiger partial charge in [-0.2, -0.15) is 0 Å². The Morgan fingerprint density at radius 1 is 1.33 bits per heavy atom. The van der Waals surface area contributed by atoms with Crippen LogP contribution in [0.1, 0.15) is 32.1 Å². The van der Waals surface area contributed by atoms with Crippen LogP contribution < -0.4 is 5.32 Å². The summed E-state index contributed by atoms with van der Waals surface area (Å²) >= 11 is 0. The molecule has 3 unspecified atom stereocenters. The first kappa shape index (κ1) is 10.9. The number of aliphatic hydroxyl groups excluding tert-OH is 2. The number of nitrogens with one attached hydrogen (secondary N) is 1. The Hall–Kier alpha value is -0.610. The lowest BCUT2D eigenvalue weighted by Gasteiger charge is -2.26. The molecule has 2 rings (SSSR count). The van der Waals surface area contributed by atoms with E-state index in [4.69, 9.17) is 5.11 Å². The lowest BCUT2D eigenvalue weighted by Crippen LogP contribution is -2.40. The second kappa shape index (κ2) is 4.49. The summed E-state index contributed by atoms with van der Waals surface area (Å²) in [5.74, 6) is 0.282. The molecule has 0 heterocycles. The Bertz CT molecular complexity index is 240. The van der Waals surface area contributed by atoms with Gasteiger partial charge in [-0.15, -0.1) is 0 Å². The van der Waals surface area contributed by atoms with Crippen molar-refractivity contribution >= 4 is 5.91 Å². The maximum Gasteiger partial charge on any atom is 0.223 e. The number of hydrogen-bond donors (Lipinski definition) is 3. The second-order valence-electron chi connectivity index (χ2n) is 4.81. The van der Waals surface area contributed by atoms with Crippen LogP contribution in [0.3, 0.4) is 0 Å². The first-order valence-corrected chi connectivity index (χ1v) is 5.80. The minimum absolute atomic E-state index is 0.0109. The van der Waals surface area contributed by atoms with Crippen LogP contribution in [0.5, 0.6) is 0 Å². The maximum absolute atomic E-state index is 11.6. The third-order valence-corrected chi connectivity index (χ3v) is 3.71. The normalized spacial score (nSPS) is 36.3. The molecule has 86 valence electrons. The van der Waals surface area contributed by atoms with Gasteiger partial charge < -0.3 is 15.5 Å². The van der Waals surface area contributed by atoms with Gasteiger partial charge in [-0.05, 0) is 25.7 Å². The smallest absolute Gasteiger partial charge is 0.223 e. The van der Waals surface area contributed by atoms with Crippen molar-refractivity contribution in [1.82, 2.24) is 5.32 Å². The number of carbonyl (C=O) groups excluding carboxylic acids is 1. The van der Waals surface area contributed by atoms with Crippen LogP contribution in [0.15, 0.2) is 0 Å². The average molecular weight is 213 g/mol. The van der Waals surface area contributed by atoms with Gasteiger partial charge in [0.15, 0.2) is 0 Å². The van der Waals surface area contributed by atoms with Crippen LogP contribution in [0.2, 0.25) is 0 Å². The van der Waals surface area contributed by atoms with E-state index in [-0.39, 0.29) is 30.4 Å². The summed E-state index contributed by atoms with van der Waals surface area (Å²) in [7, 11) is 0. The van der Waals surface area contributed by atoms with Gasteiger partial charge in [0, 0.05) is 24.5 Å². The van der Waals surface area contributed by atoms with E-state index in [9.17, 15) is 9.90 Å². The molecule has 4 nitrogen and oxygen atoms in total. The second-order valence-corrected chi connectivity index (χ2v) is 4.81. The molecule has 2 aliphatic carbocycles. The zero-order valence-corrected chi connectivity index (χ0v) is 8.85. The zero-order chi connectivity index (χ0) is 10.8. The molecule has 0 bridgehead atoms. The lowest BCUT2D eigenvalue weighted by molar-refractivity contribution is -0.128. The number of hydrogen-bond acceptors (Lipinski definition) is 3. The van der Waals surface area contributed by atoms with Crippen molar-refractivity contribution < 1.29 is 15.0 Å². The summed E-state index contributed by atoms with van der Waals surface area (Å²) in [6.07, 6.45) is 4.00. The quantitative estimate of drug-likeness (QED) is 0.619. The largest absolute Gasteiger partial charge is 0.396 e. The van der Waals surface area contributed by atoms with E-state index in [2.05, 4.69) is 5.32 Å². The van der Waals surface area contributed by atoms with Crippen molar-refractivity contribution in [3.05, 3.63) is 0 Å². The number of rotatable bonds is 3. The highest BCUT2D eigenvalue weighted by Crippen LogP contribution is 2.29. The monoisotopic (exact) mass is 213 g/mol. The summed E-state index contributed by atoms with van der Waals surface area (Å²) in [6.45, 7) is 0.0109. The summed E-state index contributed by atoms with van der Waals surface area (Å²) < 4.78 is 0. The molecule has 0 aromatic rings. The molecule has 4 heteroatoms. The van der Waals surface area contributed by atoms with Crippen LogP contribution in [-0.2, 0) is 4.79 Å². The fraction of sp³-hybridized carbons (Fsp3) is 0.909.